The third-order valence-corrected chi connectivity index (χ3v) is 5.85. The molecular weight excluding hydrogens is 392 g/mol. The second-order valence-electron chi connectivity index (χ2n) is 7.71. The summed E-state index contributed by atoms with van der Waals surface area (Å²) in [5.41, 5.74) is 11.4. The summed E-state index contributed by atoms with van der Waals surface area (Å²) >= 11 is 0. The number of piperidine rings is 1. The van der Waals surface area contributed by atoms with Crippen LogP contribution in [0.3, 0.4) is 0 Å². The van der Waals surface area contributed by atoms with Crippen LogP contribution >= 0.6 is 0 Å². The van der Waals surface area contributed by atoms with Gasteiger partial charge in [-0.15, -0.1) is 0 Å². The lowest BCUT2D eigenvalue weighted by Crippen LogP contribution is -2.29. The van der Waals surface area contributed by atoms with Crippen molar-refractivity contribution in [1.82, 2.24) is 24.6 Å². The van der Waals surface area contributed by atoms with Crippen molar-refractivity contribution in [1.29, 1.82) is 0 Å². The summed E-state index contributed by atoms with van der Waals surface area (Å²) in [5.74, 6) is 0.277. The van der Waals surface area contributed by atoms with Crippen LogP contribution in [0.2, 0.25) is 0 Å². The fourth-order valence-electron chi connectivity index (χ4n) is 4.14. The molecule has 1 aliphatic rings. The molecule has 0 unspecified atom stereocenters. The third kappa shape index (κ3) is 3.45. The molecule has 8 heteroatoms. The molecule has 0 amide bonds. The summed E-state index contributed by atoms with van der Waals surface area (Å²) in [6, 6.07) is 13.9. The van der Waals surface area contributed by atoms with E-state index in [1.54, 1.807) is 12.4 Å². The summed E-state index contributed by atoms with van der Waals surface area (Å²) in [5, 5.41) is 17.0. The van der Waals surface area contributed by atoms with E-state index in [0.29, 0.717) is 42.8 Å². The van der Waals surface area contributed by atoms with E-state index in [4.69, 9.17) is 10.7 Å². The van der Waals surface area contributed by atoms with Gasteiger partial charge in [-0.05, 0) is 32.0 Å². The summed E-state index contributed by atoms with van der Waals surface area (Å²) < 4.78 is 1.50. The number of benzene rings is 1. The van der Waals surface area contributed by atoms with Crippen molar-refractivity contribution < 1.29 is 4.79 Å². The van der Waals surface area contributed by atoms with Crippen LogP contribution in [0.1, 0.15) is 34.8 Å². The Morgan fingerprint density at radius 2 is 1.81 bits per heavy atom. The number of carbonyl (C=O) groups is 1. The molecule has 1 aromatic carbocycles. The van der Waals surface area contributed by atoms with Gasteiger partial charge < -0.3 is 16.0 Å². The number of hydrogen-bond donors (Lipinski definition) is 1. The van der Waals surface area contributed by atoms with E-state index in [1.807, 2.05) is 42.5 Å². The molecule has 4 aromatic rings. The third-order valence-electron chi connectivity index (χ3n) is 5.85. The number of aromatic nitrogens is 4. The minimum absolute atomic E-state index is 0.0130. The summed E-state index contributed by atoms with van der Waals surface area (Å²) in [4.78, 5) is 21.2. The average Bonchev–Trinajstić information content (AvgIpc) is 3.24. The Bertz CT molecular complexity index is 1230. The Labute approximate surface area is 178 Å². The van der Waals surface area contributed by atoms with Gasteiger partial charge in [-0.3, -0.25) is 9.78 Å². The van der Waals surface area contributed by atoms with Crippen molar-refractivity contribution in [2.24, 2.45) is 0 Å². The van der Waals surface area contributed by atoms with E-state index in [-0.39, 0.29) is 11.7 Å². The Kier molecular flexibility index (Phi) is 4.93. The number of carbonyl (C=O) groups excluding carboxylic acids is 1. The second kappa shape index (κ2) is 7.90. The van der Waals surface area contributed by atoms with Crippen LogP contribution in [0.15, 0.2) is 54.9 Å². The first-order chi connectivity index (χ1) is 15.2. The van der Waals surface area contributed by atoms with Crippen LogP contribution in [0, 0.1) is 5.21 Å². The number of anilines is 1. The lowest BCUT2D eigenvalue weighted by molar-refractivity contribution is 0.112. The first-order valence-electron chi connectivity index (χ1n) is 10.2. The van der Waals surface area contributed by atoms with Crippen molar-refractivity contribution in [2.45, 2.75) is 18.8 Å². The number of nitrogen functional groups attached to an aromatic ring is 1. The molecule has 0 spiro atoms. The number of hydrogen-bond acceptors (Lipinski definition) is 7. The first kappa shape index (κ1) is 19.3. The summed E-state index contributed by atoms with van der Waals surface area (Å²) in [6.45, 7) is 0.847. The molecule has 0 radical (unpaired) electrons. The zero-order chi connectivity index (χ0) is 21.4. The molecule has 31 heavy (non-hydrogen) atoms. The number of hydroxylamine groups is 2. The maximum absolute atomic E-state index is 11.8. The molecule has 4 heterocycles. The summed E-state index contributed by atoms with van der Waals surface area (Å²) in [7, 11) is 0. The van der Waals surface area contributed by atoms with Gasteiger partial charge in [-0.1, -0.05) is 36.4 Å². The maximum atomic E-state index is 11.8. The number of pyridine rings is 1. The van der Waals surface area contributed by atoms with Crippen LogP contribution in [0.25, 0.3) is 28.0 Å². The highest BCUT2D eigenvalue weighted by Gasteiger charge is 2.25. The fraction of sp³-hybridized carbons (Fsp3) is 0.217. The van der Waals surface area contributed by atoms with E-state index in [9.17, 15) is 10.0 Å². The molecule has 3 aromatic heterocycles. The van der Waals surface area contributed by atoms with Gasteiger partial charge in [0.1, 0.15) is 5.82 Å². The van der Waals surface area contributed by atoms with Crippen LogP contribution in [-0.2, 0) is 0 Å². The number of fused-ring (bicyclic) bond motifs is 1. The molecule has 0 saturated carbocycles. The molecule has 5 rings (SSSR count). The van der Waals surface area contributed by atoms with Crippen molar-refractivity contribution in [2.75, 3.05) is 18.8 Å². The van der Waals surface area contributed by atoms with Gasteiger partial charge in [-0.25, -0.2) is 4.98 Å². The minimum atomic E-state index is 0.0130. The van der Waals surface area contributed by atoms with Gasteiger partial charge in [0.05, 0.1) is 23.1 Å². The monoisotopic (exact) mass is 413 g/mol. The molecule has 1 aliphatic heterocycles. The molecule has 0 bridgehead atoms. The lowest BCUT2D eigenvalue weighted by Gasteiger charge is -2.36. The molecule has 1 fully saturated rings. The molecule has 2 N–H and O–H groups in total. The van der Waals surface area contributed by atoms with E-state index in [2.05, 4.69) is 10.1 Å². The molecule has 156 valence electrons. The highest BCUT2D eigenvalue weighted by atomic mass is 16.5. The SMILES string of the molecule is Nc1c(C=O)c(C2CCN([O-])CC2)nc2c(-c3ccc(-c4ccccc4)nc3)cnn12. The van der Waals surface area contributed by atoms with E-state index in [1.165, 1.54) is 4.52 Å². The number of rotatable bonds is 4. The topological polar surface area (TPSA) is 112 Å². The summed E-state index contributed by atoms with van der Waals surface area (Å²) in [6.07, 6.45) is 5.50. The average molecular weight is 413 g/mol. The van der Waals surface area contributed by atoms with Crippen molar-refractivity contribution >= 4 is 17.8 Å². The van der Waals surface area contributed by atoms with Crippen molar-refractivity contribution in [3.63, 3.8) is 0 Å². The normalized spacial score (nSPS) is 15.4. The lowest BCUT2D eigenvalue weighted by atomic mass is 9.91. The Balaban J connectivity index is 1.58. The first-order valence-corrected chi connectivity index (χ1v) is 10.2. The standard InChI is InChI=1S/C23H21N6O2/c24-22-19(14-30)21(16-8-10-28(31)11-9-16)27-23-18(13-26-29(22)23)17-6-7-20(25-12-17)15-4-2-1-3-5-15/h1-7,12-14,16H,8-11,24H2/q-1. The molecular formula is C23H21N6O2-. The van der Waals surface area contributed by atoms with Crippen LogP contribution in [-0.4, -0.2) is 44.0 Å². The highest BCUT2D eigenvalue weighted by Crippen LogP contribution is 2.33. The smallest absolute Gasteiger partial charge is 0.165 e. The van der Waals surface area contributed by atoms with E-state index < -0.39 is 0 Å². The van der Waals surface area contributed by atoms with Gasteiger partial charge >= 0.3 is 0 Å². The van der Waals surface area contributed by atoms with Gasteiger partial charge in [0, 0.05) is 28.8 Å². The predicted octanol–water partition coefficient (Wildman–Crippen LogP) is 3.53. The molecule has 0 aliphatic carbocycles. The fourth-order valence-corrected chi connectivity index (χ4v) is 4.14. The Morgan fingerprint density at radius 3 is 2.48 bits per heavy atom. The molecule has 8 nitrogen and oxygen atoms in total. The number of nitrogens with zero attached hydrogens (tertiary/aromatic N) is 5. The quantitative estimate of drug-likeness (QED) is 0.509. The van der Waals surface area contributed by atoms with Crippen LogP contribution in [0.5, 0.6) is 0 Å². The zero-order valence-corrected chi connectivity index (χ0v) is 16.8. The number of nitrogens with two attached hydrogens (primary N) is 1. The van der Waals surface area contributed by atoms with Crippen molar-refractivity contribution in [3.05, 3.63) is 71.3 Å². The Morgan fingerprint density at radius 1 is 1.03 bits per heavy atom. The van der Waals surface area contributed by atoms with Crippen LogP contribution < -0.4 is 5.73 Å². The highest BCUT2D eigenvalue weighted by molar-refractivity contribution is 5.87. The van der Waals surface area contributed by atoms with Gasteiger partial charge in [-0.2, -0.15) is 9.61 Å². The maximum Gasteiger partial charge on any atom is 0.165 e. The number of aldehydes is 1. The van der Waals surface area contributed by atoms with Gasteiger partial charge in [0.15, 0.2) is 11.9 Å². The second-order valence-corrected chi connectivity index (χ2v) is 7.71. The Hall–Kier alpha value is -3.62. The molecule has 0 atom stereocenters. The predicted molar refractivity (Wildman–Crippen MR) is 118 cm³/mol. The zero-order valence-electron chi connectivity index (χ0n) is 16.8. The minimum Gasteiger partial charge on any atom is -0.785 e. The van der Waals surface area contributed by atoms with Crippen molar-refractivity contribution in [3.8, 4) is 22.4 Å². The van der Waals surface area contributed by atoms with Gasteiger partial charge in [0.25, 0.3) is 0 Å². The largest absolute Gasteiger partial charge is 0.785 e. The van der Waals surface area contributed by atoms with Crippen LogP contribution in [0.4, 0.5) is 5.82 Å². The van der Waals surface area contributed by atoms with E-state index in [0.717, 1.165) is 33.7 Å². The van der Waals surface area contributed by atoms with E-state index >= 15 is 0 Å². The van der Waals surface area contributed by atoms with Gasteiger partial charge in [0.2, 0.25) is 0 Å². The molecule has 1 saturated heterocycles.